The number of fused-ring (bicyclic) bond motifs is 2. The first-order valence-electron chi connectivity index (χ1n) is 12.5. The fraction of sp³-hybridized carbons (Fsp3) is 0.393. The van der Waals surface area contributed by atoms with Crippen molar-refractivity contribution >= 4 is 27.9 Å². The number of aromatic nitrogens is 3. The van der Waals surface area contributed by atoms with Gasteiger partial charge in [-0.2, -0.15) is 9.97 Å². The molecule has 2 aromatic carbocycles. The number of hydrogen-bond acceptors (Lipinski definition) is 7. The smallest absolute Gasteiger partial charge is 0.410 e. The lowest BCUT2D eigenvalue weighted by atomic mass is 9.88. The number of nitrogens with zero attached hydrogens (tertiary/aromatic N) is 3. The fourth-order valence-corrected chi connectivity index (χ4v) is 4.75. The van der Waals surface area contributed by atoms with Crippen LogP contribution in [-0.2, 0) is 4.74 Å². The molecule has 0 spiro atoms. The molecule has 0 bridgehead atoms. The molecule has 200 valence electrons. The van der Waals surface area contributed by atoms with E-state index in [0.717, 1.165) is 18.4 Å². The molecule has 0 aliphatic carbocycles. The second-order valence-electron chi connectivity index (χ2n) is 10.3. The van der Waals surface area contributed by atoms with E-state index in [9.17, 15) is 4.79 Å². The van der Waals surface area contributed by atoms with Crippen molar-refractivity contribution in [3.63, 3.8) is 0 Å². The van der Waals surface area contributed by atoms with Gasteiger partial charge < -0.3 is 28.8 Å². The van der Waals surface area contributed by atoms with Crippen LogP contribution in [0.2, 0.25) is 0 Å². The molecule has 38 heavy (non-hydrogen) atoms. The molecule has 0 saturated carbocycles. The van der Waals surface area contributed by atoms with Gasteiger partial charge in [0.05, 0.1) is 25.1 Å². The maximum atomic E-state index is 15.2. The van der Waals surface area contributed by atoms with E-state index >= 15 is 4.39 Å². The Bertz CT molecular complexity index is 1490. The minimum Gasteiger partial charge on any atom is -0.496 e. The Morgan fingerprint density at radius 3 is 2.47 bits per heavy atom. The molecule has 1 amide bonds. The van der Waals surface area contributed by atoms with Gasteiger partial charge in [0.2, 0.25) is 5.88 Å². The van der Waals surface area contributed by atoms with Crippen molar-refractivity contribution in [2.45, 2.75) is 45.1 Å². The van der Waals surface area contributed by atoms with Crippen LogP contribution in [-0.4, -0.2) is 58.9 Å². The molecule has 1 saturated heterocycles. The third-order valence-corrected chi connectivity index (χ3v) is 6.60. The van der Waals surface area contributed by atoms with Gasteiger partial charge in [0.1, 0.15) is 11.4 Å². The monoisotopic (exact) mass is 522 g/mol. The highest BCUT2D eigenvalue weighted by atomic mass is 19.1. The maximum absolute atomic E-state index is 15.2. The van der Waals surface area contributed by atoms with Gasteiger partial charge >= 0.3 is 12.1 Å². The molecule has 10 heteroatoms. The van der Waals surface area contributed by atoms with Crippen LogP contribution in [0.25, 0.3) is 21.8 Å². The molecule has 9 nitrogen and oxygen atoms in total. The molecule has 1 fully saturated rings. The number of likely N-dealkylation sites (tertiary alicyclic amines) is 1. The summed E-state index contributed by atoms with van der Waals surface area (Å²) in [6.45, 7) is 6.69. The predicted molar refractivity (Wildman–Crippen MR) is 141 cm³/mol. The Kier molecular flexibility index (Phi) is 6.73. The average Bonchev–Trinajstić information content (AvgIpc) is 3.38. The molecule has 1 aliphatic rings. The molecule has 4 aromatic rings. The largest absolute Gasteiger partial charge is 0.496 e. The summed E-state index contributed by atoms with van der Waals surface area (Å²) in [5.41, 5.74) is 1.62. The number of amides is 1. The molecule has 0 unspecified atom stereocenters. The number of H-pyrrole nitrogens is 1. The number of halogens is 1. The summed E-state index contributed by atoms with van der Waals surface area (Å²) in [6, 6.07) is 8.81. The first-order chi connectivity index (χ1) is 18.2. The van der Waals surface area contributed by atoms with Crippen molar-refractivity contribution in [3.05, 3.63) is 47.9 Å². The molecular formula is C28H31FN4O5. The summed E-state index contributed by atoms with van der Waals surface area (Å²) in [7, 11) is 3.07. The van der Waals surface area contributed by atoms with Gasteiger partial charge in [-0.15, -0.1) is 0 Å². The fourth-order valence-electron chi connectivity index (χ4n) is 4.75. The number of carbonyl (C=O) groups is 1. The van der Waals surface area contributed by atoms with E-state index in [0.29, 0.717) is 40.6 Å². The van der Waals surface area contributed by atoms with Crippen molar-refractivity contribution in [1.82, 2.24) is 19.9 Å². The van der Waals surface area contributed by atoms with E-state index in [-0.39, 0.29) is 29.7 Å². The summed E-state index contributed by atoms with van der Waals surface area (Å²) in [5.74, 6) is 0.520. The highest BCUT2D eigenvalue weighted by Gasteiger charge is 2.29. The van der Waals surface area contributed by atoms with Crippen LogP contribution in [0.15, 0.2) is 36.5 Å². The first-order valence-corrected chi connectivity index (χ1v) is 12.5. The number of hydrogen-bond donors (Lipinski definition) is 1. The second kappa shape index (κ2) is 10.00. The lowest BCUT2D eigenvalue weighted by Crippen LogP contribution is -2.41. The second-order valence-corrected chi connectivity index (χ2v) is 10.3. The quantitative estimate of drug-likeness (QED) is 0.334. The maximum Gasteiger partial charge on any atom is 0.410 e. The third kappa shape index (κ3) is 5.03. The van der Waals surface area contributed by atoms with Crippen LogP contribution in [0.3, 0.4) is 0 Å². The lowest BCUT2D eigenvalue weighted by Gasteiger charge is -2.34. The number of carbonyl (C=O) groups excluding carboxylic acids is 1. The zero-order chi connectivity index (χ0) is 27.0. The average molecular weight is 523 g/mol. The van der Waals surface area contributed by atoms with Crippen LogP contribution >= 0.6 is 0 Å². The molecule has 0 atom stereocenters. The SMILES string of the molecule is COc1nc(Oc2ccc3[nH]ccc3c2F)c2cc(C3CCN(C(=O)OC(C)(C)C)CC3)c(OC)cc2n1. The van der Waals surface area contributed by atoms with Gasteiger partial charge in [0, 0.05) is 36.3 Å². The molecule has 1 N–H and O–H groups in total. The number of aromatic amines is 1. The highest BCUT2D eigenvalue weighted by molar-refractivity contribution is 5.87. The summed E-state index contributed by atoms with van der Waals surface area (Å²) in [6.07, 6.45) is 2.83. The Balaban J connectivity index is 1.48. The number of benzene rings is 2. The summed E-state index contributed by atoms with van der Waals surface area (Å²) >= 11 is 0. The molecule has 5 rings (SSSR count). The third-order valence-electron chi connectivity index (χ3n) is 6.60. The van der Waals surface area contributed by atoms with E-state index in [1.165, 1.54) is 7.11 Å². The van der Waals surface area contributed by atoms with Crippen molar-refractivity contribution < 1.29 is 28.1 Å². The van der Waals surface area contributed by atoms with Crippen molar-refractivity contribution in [2.75, 3.05) is 27.3 Å². The molecule has 0 radical (unpaired) electrons. The van der Waals surface area contributed by atoms with E-state index < -0.39 is 11.4 Å². The standard InChI is InChI=1S/C28H31FN4O5/c1-28(2,3)38-27(34)33-12-9-16(10-13-33)18-14-19-21(15-23(18)35-4)31-26(36-5)32-25(19)37-22-7-6-20-17(24(22)29)8-11-30-20/h6-8,11,14-16,30H,9-10,12-13H2,1-5H3. The van der Waals surface area contributed by atoms with Crippen LogP contribution in [0.4, 0.5) is 9.18 Å². The summed E-state index contributed by atoms with van der Waals surface area (Å²) in [4.78, 5) is 26.1. The lowest BCUT2D eigenvalue weighted by molar-refractivity contribution is 0.0204. The van der Waals surface area contributed by atoms with E-state index in [1.807, 2.05) is 32.9 Å². The highest BCUT2D eigenvalue weighted by Crippen LogP contribution is 2.40. The van der Waals surface area contributed by atoms with Gasteiger partial charge in [-0.05, 0) is 69.4 Å². The number of rotatable bonds is 5. The zero-order valence-electron chi connectivity index (χ0n) is 22.1. The molecule has 1 aliphatic heterocycles. The number of nitrogens with one attached hydrogen (secondary N) is 1. The van der Waals surface area contributed by atoms with Crippen LogP contribution in [0, 0.1) is 5.82 Å². The Hall–Kier alpha value is -4.08. The zero-order valence-corrected chi connectivity index (χ0v) is 22.1. The van der Waals surface area contributed by atoms with Crippen LogP contribution < -0.4 is 14.2 Å². The first kappa shape index (κ1) is 25.6. The van der Waals surface area contributed by atoms with Gasteiger partial charge in [-0.25, -0.2) is 9.18 Å². The van der Waals surface area contributed by atoms with Crippen LogP contribution in [0.5, 0.6) is 23.4 Å². The van der Waals surface area contributed by atoms with Gasteiger partial charge in [-0.1, -0.05) is 0 Å². The van der Waals surface area contributed by atoms with E-state index in [1.54, 1.807) is 36.4 Å². The van der Waals surface area contributed by atoms with Crippen LogP contribution in [0.1, 0.15) is 45.1 Å². The number of ether oxygens (including phenoxy) is 4. The minimum atomic E-state index is -0.544. The normalized spacial score (nSPS) is 14.6. The van der Waals surface area contributed by atoms with Gasteiger partial charge in [0.25, 0.3) is 0 Å². The van der Waals surface area contributed by atoms with Crippen molar-refractivity contribution in [3.8, 4) is 23.4 Å². The Morgan fingerprint density at radius 2 is 1.79 bits per heavy atom. The predicted octanol–water partition coefficient (Wildman–Crippen LogP) is 6.17. The molecule has 2 aromatic heterocycles. The minimum absolute atomic E-state index is 0.0437. The van der Waals surface area contributed by atoms with E-state index in [2.05, 4.69) is 15.0 Å². The topological polar surface area (TPSA) is 98.8 Å². The number of piperidine rings is 1. The number of methoxy groups -OCH3 is 2. The summed E-state index contributed by atoms with van der Waals surface area (Å²) in [5, 5.41) is 1.02. The summed E-state index contributed by atoms with van der Waals surface area (Å²) < 4.78 is 37.7. The van der Waals surface area contributed by atoms with Crippen molar-refractivity contribution in [2.24, 2.45) is 0 Å². The Labute approximate surface area is 219 Å². The van der Waals surface area contributed by atoms with Crippen molar-refractivity contribution in [1.29, 1.82) is 0 Å². The Morgan fingerprint density at radius 1 is 1.03 bits per heavy atom. The molecule has 3 heterocycles. The van der Waals surface area contributed by atoms with Gasteiger partial charge in [0.15, 0.2) is 11.6 Å². The molecular weight excluding hydrogens is 491 g/mol. The van der Waals surface area contributed by atoms with Gasteiger partial charge in [-0.3, -0.25) is 0 Å². The van der Waals surface area contributed by atoms with E-state index in [4.69, 9.17) is 18.9 Å².